The van der Waals surface area contributed by atoms with Crippen molar-refractivity contribution in [2.75, 3.05) is 5.73 Å². The number of hydrogen-bond acceptors (Lipinski definition) is 5. The number of nitrogens with two attached hydrogens (primary N) is 1. The van der Waals surface area contributed by atoms with E-state index in [2.05, 4.69) is 21.0 Å². The maximum Gasteiger partial charge on any atom is 0.212 e. The summed E-state index contributed by atoms with van der Waals surface area (Å²) in [7, 11) is -4.06. The first-order chi connectivity index (χ1) is 12.9. The Labute approximate surface area is 156 Å². The number of anilines is 1. The lowest BCUT2D eigenvalue weighted by atomic mass is 10.1. The summed E-state index contributed by atoms with van der Waals surface area (Å²) in [5.74, 6) is -0.0931. The van der Waals surface area contributed by atoms with Gasteiger partial charge in [0.1, 0.15) is 27.9 Å². The highest BCUT2D eigenvalue weighted by Crippen LogP contribution is 2.37. The number of halogens is 1. The van der Waals surface area contributed by atoms with E-state index in [1.54, 1.807) is 13.0 Å². The van der Waals surface area contributed by atoms with Gasteiger partial charge in [-0.3, -0.25) is 0 Å². The van der Waals surface area contributed by atoms with E-state index in [0.717, 1.165) is 30.9 Å². The third kappa shape index (κ3) is 2.99. The summed E-state index contributed by atoms with van der Waals surface area (Å²) in [6.07, 6.45) is 10.5. The molecule has 0 radical (unpaired) electrons. The normalized spacial score (nSPS) is 17.6. The minimum Gasteiger partial charge on any atom is -0.384 e. The predicted molar refractivity (Wildman–Crippen MR) is 103 cm³/mol. The molecule has 4 rings (SSSR count). The van der Waals surface area contributed by atoms with Crippen LogP contribution in [0.25, 0.3) is 16.6 Å². The van der Waals surface area contributed by atoms with Crippen LogP contribution in [0.1, 0.15) is 37.2 Å². The van der Waals surface area contributed by atoms with Crippen molar-refractivity contribution >= 4 is 32.3 Å². The van der Waals surface area contributed by atoms with Crippen molar-refractivity contribution in [3.63, 3.8) is 0 Å². The summed E-state index contributed by atoms with van der Waals surface area (Å²) >= 11 is 0. The van der Waals surface area contributed by atoms with E-state index in [9.17, 15) is 12.8 Å². The van der Waals surface area contributed by atoms with Crippen molar-refractivity contribution in [1.29, 1.82) is 0 Å². The Morgan fingerprint density at radius 3 is 2.85 bits per heavy atom. The summed E-state index contributed by atoms with van der Waals surface area (Å²) in [6, 6.07) is 0. The van der Waals surface area contributed by atoms with Crippen LogP contribution in [-0.2, 0) is 9.84 Å². The summed E-state index contributed by atoms with van der Waals surface area (Å²) in [5, 5.41) is 0. The molecule has 6 nitrogen and oxygen atoms in total. The number of fused-ring (bicyclic) bond motifs is 1. The third-order valence-corrected chi connectivity index (χ3v) is 6.50. The van der Waals surface area contributed by atoms with Gasteiger partial charge in [0, 0.05) is 6.42 Å². The van der Waals surface area contributed by atoms with Crippen LogP contribution in [-0.4, -0.2) is 23.4 Å². The quantitative estimate of drug-likeness (QED) is 0.833. The summed E-state index contributed by atoms with van der Waals surface area (Å²) < 4.78 is 40.3. The zero-order valence-corrected chi connectivity index (χ0v) is 15.6. The Morgan fingerprint density at radius 2 is 2.11 bits per heavy atom. The lowest BCUT2D eigenvalue weighted by molar-refractivity contribution is 0.600. The highest BCUT2D eigenvalue weighted by atomic mass is 32.2. The second kappa shape index (κ2) is 6.45. The third-order valence-electron chi connectivity index (χ3n) is 4.67. The van der Waals surface area contributed by atoms with Gasteiger partial charge in [-0.1, -0.05) is 18.2 Å². The van der Waals surface area contributed by atoms with Crippen LogP contribution >= 0.6 is 0 Å². The Kier molecular flexibility index (Phi) is 4.22. The molecule has 140 valence electrons. The van der Waals surface area contributed by atoms with Crippen LogP contribution in [0.2, 0.25) is 0 Å². The van der Waals surface area contributed by atoms with Gasteiger partial charge in [-0.2, -0.15) is 0 Å². The van der Waals surface area contributed by atoms with Gasteiger partial charge in [-0.25, -0.2) is 22.8 Å². The highest BCUT2D eigenvalue weighted by molar-refractivity contribution is 7.95. The number of allylic oxidation sites excluding steroid dienone is 7. The van der Waals surface area contributed by atoms with Crippen molar-refractivity contribution in [3.8, 4) is 0 Å². The van der Waals surface area contributed by atoms with Crippen LogP contribution in [0.15, 0.2) is 46.0 Å². The van der Waals surface area contributed by atoms with Gasteiger partial charge < -0.3 is 10.7 Å². The minimum atomic E-state index is -4.06. The zero-order chi connectivity index (χ0) is 19.2. The topological polar surface area (TPSA) is 102 Å². The van der Waals surface area contributed by atoms with Gasteiger partial charge in [-0.15, -0.1) is 0 Å². The molecule has 0 amide bonds. The van der Waals surface area contributed by atoms with Crippen LogP contribution in [0.5, 0.6) is 0 Å². The number of aromatic nitrogens is 3. The van der Waals surface area contributed by atoms with E-state index >= 15 is 0 Å². The first-order valence-electron chi connectivity index (χ1n) is 8.71. The molecule has 8 heteroatoms. The van der Waals surface area contributed by atoms with Crippen molar-refractivity contribution in [2.45, 2.75) is 37.5 Å². The van der Waals surface area contributed by atoms with E-state index in [1.807, 2.05) is 0 Å². The molecule has 0 fully saturated rings. The molecule has 0 atom stereocenters. The molecule has 3 N–H and O–H groups in total. The Balaban J connectivity index is 1.98. The average molecular weight is 386 g/mol. The molecule has 2 heterocycles. The number of aryl methyl sites for hydroxylation is 1. The molecule has 0 spiro atoms. The van der Waals surface area contributed by atoms with E-state index in [1.165, 1.54) is 12.2 Å². The number of H-pyrrole nitrogens is 1. The van der Waals surface area contributed by atoms with E-state index in [0.29, 0.717) is 17.0 Å². The maximum atomic E-state index is 13.8. The molecule has 0 saturated carbocycles. The predicted octanol–water partition coefficient (Wildman–Crippen LogP) is 3.89. The fraction of sp³-hybridized carbons (Fsp3) is 0.263. The Bertz CT molecular complexity index is 1170. The standard InChI is InChI=1S/C19H19FN4O2S/c1-11-22-15(12-6-2-3-7-12)16-17(23-11)18(19(21)24-16)27(25,26)14-9-5-4-8-13(20)10-14/h4-6,9-10,24H,2-3,7-8,21H2,1H3. The molecule has 27 heavy (non-hydrogen) atoms. The van der Waals surface area contributed by atoms with Crippen molar-refractivity contribution in [2.24, 2.45) is 0 Å². The summed E-state index contributed by atoms with van der Waals surface area (Å²) in [5.41, 5.74) is 8.53. The minimum absolute atomic E-state index is 0.0207. The number of hydrogen-bond donors (Lipinski definition) is 2. The van der Waals surface area contributed by atoms with Crippen molar-refractivity contribution < 1.29 is 12.8 Å². The Morgan fingerprint density at radius 1 is 1.30 bits per heavy atom. The van der Waals surface area contributed by atoms with Crippen LogP contribution < -0.4 is 5.73 Å². The molecule has 0 aliphatic heterocycles. The van der Waals surface area contributed by atoms with Gasteiger partial charge in [0.15, 0.2) is 0 Å². The van der Waals surface area contributed by atoms with Gasteiger partial charge in [0.05, 0.1) is 16.1 Å². The molecule has 2 aliphatic carbocycles. The fourth-order valence-electron chi connectivity index (χ4n) is 3.45. The van der Waals surface area contributed by atoms with Gasteiger partial charge in [0.25, 0.3) is 0 Å². The molecular formula is C19H19FN4O2S. The smallest absolute Gasteiger partial charge is 0.212 e. The molecule has 0 saturated heterocycles. The number of aromatic amines is 1. The molecule has 2 aliphatic rings. The maximum absolute atomic E-state index is 13.8. The average Bonchev–Trinajstić information content (AvgIpc) is 3.18. The molecule has 0 bridgehead atoms. The van der Waals surface area contributed by atoms with Gasteiger partial charge in [-0.05, 0) is 43.9 Å². The van der Waals surface area contributed by atoms with Gasteiger partial charge >= 0.3 is 0 Å². The fourth-order valence-corrected chi connectivity index (χ4v) is 4.97. The largest absolute Gasteiger partial charge is 0.384 e. The monoisotopic (exact) mass is 386 g/mol. The first kappa shape index (κ1) is 17.7. The summed E-state index contributed by atoms with van der Waals surface area (Å²) in [4.78, 5) is 11.5. The molecule has 2 aromatic heterocycles. The lowest BCUT2D eigenvalue weighted by Crippen LogP contribution is -2.07. The first-order valence-corrected chi connectivity index (χ1v) is 10.2. The van der Waals surface area contributed by atoms with Crippen LogP contribution in [0.4, 0.5) is 10.2 Å². The van der Waals surface area contributed by atoms with Crippen molar-refractivity contribution in [3.05, 3.63) is 52.6 Å². The number of nitrogens with zero attached hydrogens (tertiary/aromatic N) is 2. The van der Waals surface area contributed by atoms with E-state index in [-0.39, 0.29) is 27.6 Å². The molecule has 0 unspecified atom stereocenters. The van der Waals surface area contributed by atoms with Crippen molar-refractivity contribution in [1.82, 2.24) is 15.0 Å². The second-order valence-corrected chi connectivity index (χ2v) is 8.51. The van der Waals surface area contributed by atoms with Gasteiger partial charge in [0.2, 0.25) is 9.84 Å². The number of sulfone groups is 1. The van der Waals surface area contributed by atoms with Crippen LogP contribution in [0.3, 0.4) is 0 Å². The summed E-state index contributed by atoms with van der Waals surface area (Å²) in [6.45, 7) is 1.71. The lowest BCUT2D eigenvalue weighted by Gasteiger charge is -2.07. The number of rotatable bonds is 3. The molecular weight excluding hydrogens is 367 g/mol. The number of nitrogens with one attached hydrogen (secondary N) is 1. The molecule has 0 aromatic carbocycles. The van der Waals surface area contributed by atoms with Crippen LogP contribution in [0, 0.1) is 6.92 Å². The zero-order valence-electron chi connectivity index (χ0n) is 14.8. The SMILES string of the molecule is Cc1nc(C2=CCCC2)c2[nH]c(N)c(S(=O)(=O)C3=CC=CCC(F)=C3)c2n1. The van der Waals surface area contributed by atoms with E-state index in [4.69, 9.17) is 5.73 Å². The second-order valence-electron chi connectivity index (χ2n) is 6.63. The van der Waals surface area contributed by atoms with E-state index < -0.39 is 15.7 Å². The molecule has 2 aromatic rings. The highest BCUT2D eigenvalue weighted by Gasteiger charge is 2.30. The Hall–Kier alpha value is -2.74. The number of nitrogen functional groups attached to an aromatic ring is 1.